The van der Waals surface area contributed by atoms with E-state index < -0.39 is 24.1 Å². The van der Waals surface area contributed by atoms with E-state index in [9.17, 15) is 19.5 Å². The second-order valence-corrected chi connectivity index (χ2v) is 9.28. The molecule has 0 saturated carbocycles. The Morgan fingerprint density at radius 1 is 1.11 bits per heavy atom. The molecule has 1 saturated heterocycles. The zero-order chi connectivity index (χ0) is 25.4. The van der Waals surface area contributed by atoms with Gasteiger partial charge in [-0.3, -0.25) is 14.4 Å². The molecular weight excluding hydrogens is 444 g/mol. The van der Waals surface area contributed by atoms with Crippen molar-refractivity contribution >= 4 is 28.5 Å². The van der Waals surface area contributed by atoms with Gasteiger partial charge in [-0.25, -0.2) is 0 Å². The van der Waals surface area contributed by atoms with E-state index in [1.54, 1.807) is 4.90 Å². The van der Waals surface area contributed by atoms with Crippen molar-refractivity contribution in [2.24, 2.45) is 11.7 Å². The van der Waals surface area contributed by atoms with E-state index in [1.807, 2.05) is 56.3 Å². The largest absolute Gasteiger partial charge is 0.390 e. The highest BCUT2D eigenvalue weighted by Gasteiger charge is 2.37. The molecular formula is C27H38N4O4. The standard InChI is InChI=1S/C27H38N4O4/c1-3-19(4-2)27(35)31-13-7-10-24(31)26(34)30-23(25(33)29-17-22(32)16-28)15-18-11-12-20-8-5-6-9-21(20)14-18/h5-6,8-9,11-12,14,19,22-24,32H,3-4,7,10,13,15-17,28H2,1-2H3,(H,29,33)(H,30,34)/t22?,23-,24+/m0/s1. The summed E-state index contributed by atoms with van der Waals surface area (Å²) in [5.74, 6) is -0.802. The Morgan fingerprint density at radius 2 is 1.83 bits per heavy atom. The molecule has 1 unspecified atom stereocenters. The summed E-state index contributed by atoms with van der Waals surface area (Å²) in [7, 11) is 0. The lowest BCUT2D eigenvalue weighted by atomic mass is 10.00. The van der Waals surface area contributed by atoms with E-state index >= 15 is 0 Å². The minimum atomic E-state index is -0.862. The molecule has 5 N–H and O–H groups in total. The van der Waals surface area contributed by atoms with Crippen LogP contribution in [0, 0.1) is 5.92 Å². The summed E-state index contributed by atoms with van der Waals surface area (Å²) in [6.45, 7) is 4.55. The van der Waals surface area contributed by atoms with E-state index in [-0.39, 0.29) is 37.2 Å². The second-order valence-electron chi connectivity index (χ2n) is 9.28. The van der Waals surface area contributed by atoms with Crippen molar-refractivity contribution in [1.29, 1.82) is 0 Å². The fraction of sp³-hybridized carbons (Fsp3) is 0.519. The number of carbonyl (C=O) groups excluding carboxylic acids is 3. The molecule has 3 atom stereocenters. The molecule has 190 valence electrons. The van der Waals surface area contributed by atoms with Crippen LogP contribution < -0.4 is 16.4 Å². The van der Waals surface area contributed by atoms with Crippen molar-refractivity contribution in [3.05, 3.63) is 48.0 Å². The van der Waals surface area contributed by atoms with Crippen LogP contribution in [0.2, 0.25) is 0 Å². The van der Waals surface area contributed by atoms with Gasteiger partial charge in [-0.05, 0) is 42.0 Å². The first kappa shape index (κ1) is 26.6. The highest BCUT2D eigenvalue weighted by Crippen LogP contribution is 2.23. The lowest BCUT2D eigenvalue weighted by Crippen LogP contribution is -2.55. The van der Waals surface area contributed by atoms with Crippen molar-refractivity contribution in [2.45, 2.75) is 64.1 Å². The minimum Gasteiger partial charge on any atom is -0.390 e. The van der Waals surface area contributed by atoms with Gasteiger partial charge >= 0.3 is 0 Å². The molecule has 2 aromatic carbocycles. The summed E-state index contributed by atoms with van der Waals surface area (Å²) in [5.41, 5.74) is 6.36. The van der Waals surface area contributed by atoms with Crippen LogP contribution in [0.15, 0.2) is 42.5 Å². The van der Waals surface area contributed by atoms with Gasteiger partial charge in [-0.15, -0.1) is 0 Å². The van der Waals surface area contributed by atoms with Crippen molar-refractivity contribution in [3.63, 3.8) is 0 Å². The van der Waals surface area contributed by atoms with Crippen LogP contribution in [0.1, 0.15) is 45.1 Å². The number of nitrogens with two attached hydrogens (primary N) is 1. The highest BCUT2D eigenvalue weighted by molar-refractivity contribution is 5.93. The number of hydrogen-bond donors (Lipinski definition) is 4. The lowest BCUT2D eigenvalue weighted by Gasteiger charge is -2.29. The predicted molar refractivity (Wildman–Crippen MR) is 136 cm³/mol. The van der Waals surface area contributed by atoms with Gasteiger partial charge in [0.1, 0.15) is 12.1 Å². The van der Waals surface area contributed by atoms with Crippen LogP contribution in [0.5, 0.6) is 0 Å². The molecule has 8 nitrogen and oxygen atoms in total. The number of fused-ring (bicyclic) bond motifs is 1. The maximum absolute atomic E-state index is 13.3. The van der Waals surface area contributed by atoms with E-state index in [4.69, 9.17) is 5.73 Å². The molecule has 0 aliphatic carbocycles. The molecule has 1 heterocycles. The number of nitrogens with zero attached hydrogens (tertiary/aromatic N) is 1. The average molecular weight is 483 g/mol. The van der Waals surface area contributed by atoms with Crippen molar-refractivity contribution in [2.75, 3.05) is 19.6 Å². The first-order chi connectivity index (χ1) is 16.9. The Balaban J connectivity index is 1.77. The van der Waals surface area contributed by atoms with Gasteiger partial charge in [0, 0.05) is 32.0 Å². The summed E-state index contributed by atoms with van der Waals surface area (Å²) in [4.78, 5) is 41.0. The molecule has 1 fully saturated rings. The number of aliphatic hydroxyl groups is 1. The number of likely N-dealkylation sites (tertiary alicyclic amines) is 1. The third-order valence-corrected chi connectivity index (χ3v) is 6.84. The van der Waals surface area contributed by atoms with Crippen LogP contribution in [0.3, 0.4) is 0 Å². The van der Waals surface area contributed by atoms with E-state index in [0.29, 0.717) is 13.0 Å². The maximum atomic E-state index is 13.3. The Kier molecular flexibility index (Phi) is 9.63. The summed E-state index contributed by atoms with van der Waals surface area (Å²) < 4.78 is 0. The van der Waals surface area contributed by atoms with Crippen molar-refractivity contribution < 1.29 is 19.5 Å². The molecule has 35 heavy (non-hydrogen) atoms. The Hall–Kier alpha value is -2.97. The number of carbonyl (C=O) groups is 3. The number of benzene rings is 2. The van der Waals surface area contributed by atoms with Gasteiger partial charge in [-0.2, -0.15) is 0 Å². The Labute approximate surface area is 207 Å². The van der Waals surface area contributed by atoms with Gasteiger partial charge in [0.15, 0.2) is 0 Å². The molecule has 3 rings (SSSR count). The van der Waals surface area contributed by atoms with Gasteiger partial charge in [0.25, 0.3) is 0 Å². The van der Waals surface area contributed by atoms with Crippen LogP contribution in [0.25, 0.3) is 10.8 Å². The predicted octanol–water partition coefficient (Wildman–Crippen LogP) is 1.73. The van der Waals surface area contributed by atoms with Crippen LogP contribution in [-0.2, 0) is 20.8 Å². The zero-order valence-corrected chi connectivity index (χ0v) is 20.7. The summed E-state index contributed by atoms with van der Waals surface area (Å²) >= 11 is 0. The Morgan fingerprint density at radius 3 is 2.51 bits per heavy atom. The third kappa shape index (κ3) is 6.80. The average Bonchev–Trinajstić information content (AvgIpc) is 3.37. The van der Waals surface area contributed by atoms with Crippen LogP contribution in [0.4, 0.5) is 0 Å². The summed E-state index contributed by atoms with van der Waals surface area (Å²) in [6.07, 6.45) is 2.22. The van der Waals surface area contributed by atoms with E-state index in [2.05, 4.69) is 10.6 Å². The first-order valence-electron chi connectivity index (χ1n) is 12.6. The fourth-order valence-electron chi connectivity index (χ4n) is 4.68. The smallest absolute Gasteiger partial charge is 0.243 e. The number of amides is 3. The summed E-state index contributed by atoms with van der Waals surface area (Å²) in [5, 5.41) is 17.5. The quantitative estimate of drug-likeness (QED) is 0.388. The Bertz CT molecular complexity index is 1020. The molecule has 1 aliphatic rings. The lowest BCUT2D eigenvalue weighted by molar-refractivity contribution is -0.142. The second kappa shape index (κ2) is 12.7. The number of aliphatic hydroxyl groups excluding tert-OH is 1. The molecule has 3 amide bonds. The first-order valence-corrected chi connectivity index (χ1v) is 12.6. The highest BCUT2D eigenvalue weighted by atomic mass is 16.3. The number of rotatable bonds is 11. The fourth-order valence-corrected chi connectivity index (χ4v) is 4.68. The minimum absolute atomic E-state index is 0.00213. The van der Waals surface area contributed by atoms with Crippen molar-refractivity contribution in [3.8, 4) is 0 Å². The van der Waals surface area contributed by atoms with Gasteiger partial charge in [-0.1, -0.05) is 56.3 Å². The monoisotopic (exact) mass is 482 g/mol. The van der Waals surface area contributed by atoms with Crippen LogP contribution in [-0.4, -0.2) is 65.5 Å². The molecule has 0 spiro atoms. The molecule has 0 radical (unpaired) electrons. The third-order valence-electron chi connectivity index (χ3n) is 6.84. The zero-order valence-electron chi connectivity index (χ0n) is 20.7. The van der Waals surface area contributed by atoms with Gasteiger partial charge < -0.3 is 26.4 Å². The van der Waals surface area contributed by atoms with E-state index in [1.165, 1.54) is 0 Å². The normalized spacial score (nSPS) is 17.4. The molecule has 8 heteroatoms. The van der Waals surface area contributed by atoms with Gasteiger partial charge in [0.2, 0.25) is 17.7 Å². The van der Waals surface area contributed by atoms with Crippen molar-refractivity contribution in [1.82, 2.24) is 15.5 Å². The topological polar surface area (TPSA) is 125 Å². The molecule has 2 aromatic rings. The summed E-state index contributed by atoms with van der Waals surface area (Å²) in [6, 6.07) is 12.5. The molecule has 0 bridgehead atoms. The molecule has 1 aliphatic heterocycles. The maximum Gasteiger partial charge on any atom is 0.243 e. The SMILES string of the molecule is CCC(CC)C(=O)N1CCC[C@@H]1C(=O)N[C@@H](Cc1ccc2ccccc2c1)C(=O)NCC(O)CN. The number of hydrogen-bond acceptors (Lipinski definition) is 5. The van der Waals surface area contributed by atoms with Crippen LogP contribution >= 0.6 is 0 Å². The molecule has 0 aromatic heterocycles. The van der Waals surface area contributed by atoms with E-state index in [0.717, 1.165) is 35.6 Å². The number of nitrogens with one attached hydrogen (secondary N) is 2. The van der Waals surface area contributed by atoms with Gasteiger partial charge in [0.05, 0.1) is 6.10 Å².